The molecule has 0 unspecified atom stereocenters. The molecule has 140 valence electrons. The maximum atomic E-state index is 5.42. The van der Waals surface area contributed by atoms with Crippen molar-refractivity contribution in [1.82, 2.24) is 9.97 Å². The number of nitrogens with zero attached hydrogens (tertiary/aromatic N) is 4. The van der Waals surface area contributed by atoms with Crippen molar-refractivity contribution in [2.45, 2.75) is 9.92 Å². The largest absolute Gasteiger partial charge is 0.361 e. The van der Waals surface area contributed by atoms with Gasteiger partial charge in [0, 0.05) is 42.1 Å². The van der Waals surface area contributed by atoms with Crippen LogP contribution in [-0.2, 0) is 0 Å². The van der Waals surface area contributed by atoms with Gasteiger partial charge in [0.15, 0.2) is 10.9 Å². The highest BCUT2D eigenvalue weighted by Crippen LogP contribution is 2.41. The molecule has 28 heavy (non-hydrogen) atoms. The maximum absolute atomic E-state index is 5.42. The van der Waals surface area contributed by atoms with Gasteiger partial charge in [-0.05, 0) is 42.5 Å². The molecule has 0 fully saturated rings. The molecule has 1 aromatic heterocycles. The van der Waals surface area contributed by atoms with Crippen molar-refractivity contribution in [1.29, 1.82) is 0 Å². The molecule has 2 aromatic carbocycles. The molecule has 0 radical (unpaired) electrons. The number of aromatic nitrogens is 2. The quantitative estimate of drug-likeness (QED) is 0.382. The van der Waals surface area contributed by atoms with Crippen molar-refractivity contribution in [2.75, 3.05) is 29.6 Å². The van der Waals surface area contributed by atoms with E-state index in [2.05, 4.69) is 25.6 Å². The molecule has 0 amide bonds. The van der Waals surface area contributed by atoms with E-state index in [0.29, 0.717) is 5.11 Å². The molecule has 0 bridgehead atoms. The van der Waals surface area contributed by atoms with Gasteiger partial charge in [0.1, 0.15) is 17.0 Å². The van der Waals surface area contributed by atoms with E-state index < -0.39 is 0 Å². The summed E-state index contributed by atoms with van der Waals surface area (Å²) in [5.41, 5.74) is 3.62. The van der Waals surface area contributed by atoms with Crippen molar-refractivity contribution in [2.24, 2.45) is 4.99 Å². The summed E-state index contributed by atoms with van der Waals surface area (Å²) in [6, 6.07) is 15.9. The summed E-state index contributed by atoms with van der Waals surface area (Å²) in [5.74, 6) is 0.799. The van der Waals surface area contributed by atoms with Crippen LogP contribution in [0.5, 0.6) is 0 Å². The van der Waals surface area contributed by atoms with Crippen molar-refractivity contribution >= 4 is 58.2 Å². The summed E-state index contributed by atoms with van der Waals surface area (Å²) in [4.78, 5) is 16.4. The van der Waals surface area contributed by atoms with E-state index in [1.807, 2.05) is 73.7 Å². The molecule has 0 saturated carbocycles. The van der Waals surface area contributed by atoms with Crippen LogP contribution in [0.1, 0.15) is 5.56 Å². The Balaban J connectivity index is 1.56. The molecular weight excluding hydrogens is 388 g/mol. The van der Waals surface area contributed by atoms with Gasteiger partial charge < -0.3 is 15.5 Å². The van der Waals surface area contributed by atoms with Gasteiger partial charge in [0.2, 0.25) is 0 Å². The second kappa shape index (κ2) is 7.95. The molecule has 0 aliphatic carbocycles. The lowest BCUT2D eigenvalue weighted by Crippen LogP contribution is -2.19. The summed E-state index contributed by atoms with van der Waals surface area (Å²) >= 11 is 7.00. The molecule has 0 spiro atoms. The fraction of sp³-hybridized carbons (Fsp3) is 0.100. The highest BCUT2D eigenvalue weighted by molar-refractivity contribution is 7.99. The van der Waals surface area contributed by atoms with Crippen molar-refractivity contribution in [3.63, 3.8) is 0 Å². The van der Waals surface area contributed by atoms with Crippen molar-refractivity contribution in [3.8, 4) is 0 Å². The van der Waals surface area contributed by atoms with Crippen LogP contribution in [0.15, 0.2) is 69.8 Å². The van der Waals surface area contributed by atoms with Crippen LogP contribution in [0.4, 0.5) is 22.9 Å². The number of nitrogens with one attached hydrogen (secondary N) is 2. The van der Waals surface area contributed by atoms with E-state index in [1.165, 1.54) is 0 Å². The second-order valence-corrected chi connectivity index (χ2v) is 7.74. The van der Waals surface area contributed by atoms with Crippen LogP contribution < -0.4 is 15.5 Å². The lowest BCUT2D eigenvalue weighted by atomic mass is 10.2. The first-order chi connectivity index (χ1) is 13.6. The van der Waals surface area contributed by atoms with Gasteiger partial charge in [0.25, 0.3) is 0 Å². The van der Waals surface area contributed by atoms with Gasteiger partial charge in [-0.25, -0.2) is 15.0 Å². The minimum atomic E-state index is 0.536. The Labute approximate surface area is 173 Å². The van der Waals surface area contributed by atoms with Crippen LogP contribution in [0, 0.1) is 0 Å². The monoisotopic (exact) mass is 406 g/mol. The van der Waals surface area contributed by atoms with Crippen LogP contribution in [0.3, 0.4) is 0 Å². The van der Waals surface area contributed by atoms with E-state index >= 15 is 0 Å². The van der Waals surface area contributed by atoms with E-state index in [-0.39, 0.29) is 0 Å². The Morgan fingerprint density at radius 2 is 1.79 bits per heavy atom. The van der Waals surface area contributed by atoms with Crippen molar-refractivity contribution in [3.05, 3.63) is 60.4 Å². The average molecular weight is 407 g/mol. The minimum absolute atomic E-state index is 0.536. The zero-order valence-corrected chi connectivity index (χ0v) is 17.0. The zero-order valence-electron chi connectivity index (χ0n) is 15.4. The second-order valence-electron chi connectivity index (χ2n) is 6.30. The number of anilines is 3. The van der Waals surface area contributed by atoms with Crippen LogP contribution in [0.25, 0.3) is 0 Å². The molecule has 6 nitrogen and oxygen atoms in total. The summed E-state index contributed by atoms with van der Waals surface area (Å²) in [6.07, 6.45) is 3.43. The number of thiocarbonyl (C=S) groups is 1. The first-order valence-electron chi connectivity index (χ1n) is 8.61. The summed E-state index contributed by atoms with van der Waals surface area (Å²) in [6.45, 7) is 0. The van der Waals surface area contributed by atoms with E-state index in [4.69, 9.17) is 12.2 Å². The fourth-order valence-corrected chi connectivity index (χ4v) is 3.89. The molecule has 0 atom stereocenters. The topological polar surface area (TPSA) is 65.4 Å². The summed E-state index contributed by atoms with van der Waals surface area (Å²) < 4.78 is 0. The van der Waals surface area contributed by atoms with E-state index in [0.717, 1.165) is 38.4 Å². The first kappa shape index (κ1) is 18.4. The Hall–Kier alpha value is -2.97. The number of hydrogen-bond acceptors (Lipinski definition) is 6. The van der Waals surface area contributed by atoms with Crippen LogP contribution in [-0.4, -0.2) is 35.4 Å². The molecule has 2 heterocycles. The molecule has 1 aliphatic heterocycles. The summed E-state index contributed by atoms with van der Waals surface area (Å²) in [5, 5.41) is 7.78. The third-order valence-corrected chi connectivity index (χ3v) is 5.32. The predicted molar refractivity (Wildman–Crippen MR) is 120 cm³/mol. The summed E-state index contributed by atoms with van der Waals surface area (Å²) in [7, 11) is 3.90. The fourth-order valence-electron chi connectivity index (χ4n) is 2.74. The Morgan fingerprint density at radius 3 is 2.57 bits per heavy atom. The third kappa shape index (κ3) is 3.97. The number of fused-ring (bicyclic) bond motifs is 2. The highest BCUT2D eigenvalue weighted by atomic mass is 32.2. The van der Waals surface area contributed by atoms with Gasteiger partial charge >= 0.3 is 0 Å². The van der Waals surface area contributed by atoms with Crippen LogP contribution >= 0.6 is 24.0 Å². The van der Waals surface area contributed by atoms with E-state index in [1.54, 1.807) is 18.1 Å². The first-order valence-corrected chi connectivity index (χ1v) is 9.84. The smallest absolute Gasteiger partial charge is 0.175 e. The lowest BCUT2D eigenvalue weighted by molar-refractivity contribution is 0.984. The Bertz CT molecular complexity index is 1050. The molecular formula is C20H18N6S2. The number of benzene rings is 2. The lowest BCUT2D eigenvalue weighted by Gasteiger charge is -2.14. The molecule has 8 heteroatoms. The number of para-hydroxylation sites is 1. The molecule has 2 N–H and O–H groups in total. The zero-order chi connectivity index (χ0) is 19.5. The van der Waals surface area contributed by atoms with Gasteiger partial charge in [-0.15, -0.1) is 0 Å². The van der Waals surface area contributed by atoms with Gasteiger partial charge in [-0.3, -0.25) is 0 Å². The Morgan fingerprint density at radius 1 is 1.00 bits per heavy atom. The number of aliphatic imine (C=N–C) groups is 1. The van der Waals surface area contributed by atoms with Crippen LogP contribution in [0.2, 0.25) is 0 Å². The normalized spacial score (nSPS) is 11.8. The minimum Gasteiger partial charge on any atom is -0.361 e. The molecule has 4 rings (SSSR count). The number of hydrogen-bond donors (Lipinski definition) is 2. The average Bonchev–Trinajstić information content (AvgIpc) is 2.87. The molecule has 1 aliphatic rings. The number of rotatable bonds is 3. The molecule has 0 saturated heterocycles. The predicted octanol–water partition coefficient (Wildman–Crippen LogP) is 4.57. The maximum Gasteiger partial charge on any atom is 0.175 e. The third-order valence-electron chi connectivity index (χ3n) is 4.03. The van der Waals surface area contributed by atoms with Gasteiger partial charge in [0.05, 0.1) is 0 Å². The highest BCUT2D eigenvalue weighted by Gasteiger charge is 2.18. The standard InChI is InChI=1S/C20H18N6S2/c1-26(2)18-17-19(23-12-22-18)28-16-9-8-15(10-13(16)11-21-17)25-20(27)24-14-6-4-3-5-7-14/h3-12H,1-2H3,(H2,24,25,27). The van der Waals surface area contributed by atoms with Crippen molar-refractivity contribution < 1.29 is 0 Å². The van der Waals surface area contributed by atoms with Gasteiger partial charge in [-0.1, -0.05) is 30.0 Å². The SMILES string of the molecule is CN(C)c1ncnc2c1N=Cc1cc(NC(=S)Nc3ccccc3)ccc1S2. The Kier molecular flexibility index (Phi) is 5.23. The van der Waals surface area contributed by atoms with Gasteiger partial charge in [-0.2, -0.15) is 0 Å². The molecule has 3 aromatic rings. The van der Waals surface area contributed by atoms with E-state index in [9.17, 15) is 0 Å².